The minimum Gasteiger partial charge on any atom is -0.394 e. The maximum atomic E-state index is 13.6. The van der Waals surface area contributed by atoms with Crippen molar-refractivity contribution in [3.8, 4) is 0 Å². The van der Waals surface area contributed by atoms with Crippen LogP contribution in [0.25, 0.3) is 0 Å². The van der Waals surface area contributed by atoms with Crippen LogP contribution in [0.15, 0.2) is 0 Å². The SMILES string of the molecule is CC(=O)N[C@@H]1[C@@H](O)[C@H](O[C@@H]2O[C@H](CO)[C@@H](O[C@@H]3O[C@H](CO[C@H]4O[C@H](CO)[C@@H](O)[C@H](O)[C@@H]4O[C@@H]4O[C@H](CO)[C@@H](O[C@@H]5O[C@H](CO)[C@H](O)[C@H](O)[C@H]5O)[C@H](O)[C@H]4NC(C)=O)[C@@H](O[C@@H]4O[C@H](CO)[C@@H](O)[C@H](O)[C@H]4NC(C)=O)[C@H](O[C@H]4O[C@H](CO)[C@@H](O)[C@H](O)[C@@H]4O[C@@H]4O[C@H](CO)[C@@H](O[C@@H]5O[C@H](CO)[C@H](O)[C@H](O)[C@H]5O[C@@H]5O[C@@H](C)[C@@H](O)[C@@H](O)[C@@H]5O)[C@H](O)[C@H]4NC(C)=O)[C@@H]3O)[C@H](O)[C@H]2NC(C)=O)[C@@H](CO[C@@H]2O[C@@H](C)[C@@H](O)[C@@H](O)[C@@H]2O)O[C@H]1O. The summed E-state index contributed by atoms with van der Waals surface area (Å²) in [7, 11) is 0. The first-order valence-electron chi connectivity index (χ1n) is 46.9. The standard InChI is InChI=1S/C82H137N5O59/c1-18-40(101)52(113)58(119)76(126-18)124-16-33-65(48(109)35(71(123)128-33)83-20(3)96)138-73-37(85-22(5)98)49(110)63(31(14-94)134-73)140-79-61(122)67(143-82-69(56(117)45(106)29(12-92)133-82)145-75-39(87-24(7)100)51(112)64(32(15-95)136-75)141-81-70(57(118)46(107)28(11-91)132-81)146-77-59(120)53(114)41(102)19(2)127-77)66(142-72-36(84-21(4)97)47(108)42(103)25(8-88)129-72)34(137-79)17-125-80-68(55(116)44(105)27(10-90)131-80)144-74-38(86-23(6)99)50(111)62(30(13-93)135-74)139-78-60(121)54(115)43(104)26(9-89)130-78/h18-19,25-82,88-95,101-123H,8-17H2,1-7H3,(H,83,96)(H,84,97)(H,85,98)(H,86,99)(H,87,100)/t18-,19-,25+,26+,27+,28+,29+,30+,31+,32+,33+,34+,35+,36+,37+,38+,39+,40+,41+,42+,43-,44+,45+,46-,47+,48+,49+,50+,51+,52+,53+,54-,55-,56-,57-,58-,59-,60+,61-,62+,63+,64+,65+,66+,67+,68-,69-,70+,71+,72-,73-,74-,75-,76+,77-,78-,79-,80-,81-,82+/m0/s1. The molecule has 64 heteroatoms. The third kappa shape index (κ3) is 26.4. The molecule has 0 aromatic rings. The number of hydrogen-bond donors (Lipinski definition) is 36. The second-order valence-electron chi connectivity index (χ2n) is 37.3. The second-order valence-corrected chi connectivity index (χ2v) is 37.3. The highest BCUT2D eigenvalue weighted by molar-refractivity contribution is 5.75. The van der Waals surface area contributed by atoms with E-state index in [1.165, 1.54) is 13.8 Å². The number of rotatable bonds is 37. The maximum absolute atomic E-state index is 13.6. The predicted octanol–water partition coefficient (Wildman–Crippen LogP) is -24.4. The summed E-state index contributed by atoms with van der Waals surface area (Å²) in [6.07, 6.45) is -119. The van der Waals surface area contributed by atoms with Crippen LogP contribution in [0.4, 0.5) is 0 Å². The fraction of sp³-hybridized carbons (Fsp3) is 0.939. The van der Waals surface area contributed by atoms with Crippen LogP contribution in [0.5, 0.6) is 0 Å². The molecule has 12 rings (SSSR count). The molecular formula is C82H137N5O59. The van der Waals surface area contributed by atoms with Gasteiger partial charge in [-0.1, -0.05) is 0 Å². The molecule has 12 aliphatic heterocycles. The summed E-state index contributed by atoms with van der Waals surface area (Å²) in [5.74, 6) is -5.11. The van der Waals surface area contributed by atoms with Crippen molar-refractivity contribution >= 4 is 29.5 Å². The summed E-state index contributed by atoms with van der Waals surface area (Å²) < 4.78 is 141. The highest BCUT2D eigenvalue weighted by atomic mass is 16.8. The molecule has 12 saturated heterocycles. The molecule has 12 aliphatic rings. The molecule has 0 saturated carbocycles. The van der Waals surface area contributed by atoms with Crippen LogP contribution in [0, 0.1) is 0 Å². The van der Waals surface area contributed by atoms with Gasteiger partial charge in [0.05, 0.1) is 78.3 Å². The van der Waals surface area contributed by atoms with E-state index in [0.29, 0.717) is 0 Å². The van der Waals surface area contributed by atoms with Gasteiger partial charge < -0.3 is 294 Å². The fourth-order valence-electron chi connectivity index (χ4n) is 19.1. The van der Waals surface area contributed by atoms with Crippen LogP contribution in [0.3, 0.4) is 0 Å². The first kappa shape index (κ1) is 120. The van der Waals surface area contributed by atoms with Gasteiger partial charge in [0.1, 0.15) is 280 Å². The summed E-state index contributed by atoms with van der Waals surface area (Å²) in [6.45, 7) is -5.16. The van der Waals surface area contributed by atoms with E-state index in [1.807, 2.05) is 0 Å². The van der Waals surface area contributed by atoms with E-state index >= 15 is 0 Å². The van der Waals surface area contributed by atoms with Gasteiger partial charge in [-0.3, -0.25) is 24.0 Å². The average molecular weight is 2140 g/mol. The third-order valence-electron chi connectivity index (χ3n) is 27.0. The summed E-state index contributed by atoms with van der Waals surface area (Å²) in [4.78, 5) is 66.3. The Kier molecular flexibility index (Phi) is 42.8. The van der Waals surface area contributed by atoms with Gasteiger partial charge in [-0.15, -0.1) is 0 Å². The molecule has 0 aromatic carbocycles. The Morgan fingerprint density at radius 2 is 0.418 bits per heavy atom. The third-order valence-corrected chi connectivity index (χ3v) is 27.0. The number of hydrogen-bond acceptors (Lipinski definition) is 59. The normalized spacial score (nSPS) is 49.8. The summed E-state index contributed by atoms with van der Waals surface area (Å²) in [6, 6.07) is -10.3. The molecule has 12 heterocycles. The van der Waals surface area contributed by atoms with Crippen molar-refractivity contribution in [2.45, 2.75) is 417 Å². The Balaban J connectivity index is 0.954. The Hall–Kier alpha value is -4.81. The molecule has 0 spiro atoms. The van der Waals surface area contributed by atoms with Gasteiger partial charge in [-0.2, -0.15) is 0 Å². The van der Waals surface area contributed by atoms with Crippen molar-refractivity contribution in [1.29, 1.82) is 0 Å². The minimum atomic E-state index is -2.87. The summed E-state index contributed by atoms with van der Waals surface area (Å²) in [5.41, 5.74) is 0. The number of ether oxygens (including phenoxy) is 23. The van der Waals surface area contributed by atoms with E-state index in [1.54, 1.807) is 0 Å². The van der Waals surface area contributed by atoms with Crippen LogP contribution in [-0.4, -0.2) is 622 Å². The molecule has 36 N–H and O–H groups in total. The molecule has 0 bridgehead atoms. The lowest BCUT2D eigenvalue weighted by Crippen LogP contribution is -2.72. The van der Waals surface area contributed by atoms with Gasteiger partial charge in [0, 0.05) is 34.6 Å². The average Bonchev–Trinajstić information content (AvgIpc) is 0.621. The monoisotopic (exact) mass is 2140 g/mol. The van der Waals surface area contributed by atoms with Crippen LogP contribution >= 0.6 is 0 Å². The van der Waals surface area contributed by atoms with Crippen molar-refractivity contribution in [3.05, 3.63) is 0 Å². The van der Waals surface area contributed by atoms with Gasteiger partial charge in [-0.25, -0.2) is 0 Å². The molecule has 5 amide bonds. The Labute approximate surface area is 827 Å². The lowest BCUT2D eigenvalue weighted by molar-refractivity contribution is -0.410. The van der Waals surface area contributed by atoms with Gasteiger partial charge in [0.25, 0.3) is 0 Å². The van der Waals surface area contributed by atoms with Crippen molar-refractivity contribution in [1.82, 2.24) is 26.6 Å². The molecule has 146 heavy (non-hydrogen) atoms. The number of nitrogens with one attached hydrogen (secondary N) is 5. The topological polar surface area (TPSA) is 985 Å². The Morgan fingerprint density at radius 3 is 0.801 bits per heavy atom. The first-order chi connectivity index (χ1) is 69.0. The Bertz CT molecular complexity index is 4090. The van der Waals surface area contributed by atoms with Crippen LogP contribution < -0.4 is 26.6 Å². The van der Waals surface area contributed by atoms with Gasteiger partial charge in [-0.05, 0) is 13.8 Å². The lowest BCUT2D eigenvalue weighted by atomic mass is 9.93. The fourth-order valence-corrected chi connectivity index (χ4v) is 19.1. The van der Waals surface area contributed by atoms with Gasteiger partial charge >= 0.3 is 0 Å². The minimum absolute atomic E-state index is 0.862. The second kappa shape index (κ2) is 52.2. The predicted molar refractivity (Wildman–Crippen MR) is 450 cm³/mol. The molecular weight excluding hydrogens is 2000 g/mol. The van der Waals surface area contributed by atoms with E-state index < -0.39 is 464 Å². The van der Waals surface area contributed by atoms with Crippen molar-refractivity contribution in [2.24, 2.45) is 0 Å². The van der Waals surface area contributed by atoms with E-state index in [9.17, 15) is 182 Å². The van der Waals surface area contributed by atoms with E-state index in [-0.39, 0.29) is 0 Å². The van der Waals surface area contributed by atoms with Crippen molar-refractivity contribution < 1.29 is 291 Å². The summed E-state index contributed by atoms with van der Waals surface area (Å²) in [5, 5.41) is 365. The molecule has 60 atom stereocenters. The molecule has 0 aromatic heterocycles. The number of carbonyl (C=O) groups excluding carboxylic acids is 5. The molecule has 844 valence electrons. The van der Waals surface area contributed by atoms with E-state index in [2.05, 4.69) is 26.6 Å². The highest BCUT2D eigenvalue weighted by Gasteiger charge is 2.64. The van der Waals surface area contributed by atoms with Gasteiger partial charge in [0.2, 0.25) is 29.5 Å². The largest absolute Gasteiger partial charge is 0.394 e. The van der Waals surface area contributed by atoms with E-state index in [4.69, 9.17) is 109 Å². The number of carbonyl (C=O) groups is 5. The summed E-state index contributed by atoms with van der Waals surface area (Å²) >= 11 is 0. The number of aliphatic hydroxyl groups excluding tert-OH is 31. The Morgan fingerprint density at radius 1 is 0.192 bits per heavy atom. The molecule has 64 nitrogen and oxygen atoms in total. The molecule has 0 unspecified atom stereocenters. The van der Waals surface area contributed by atoms with Crippen LogP contribution in [-0.2, 0) is 133 Å². The zero-order valence-electron chi connectivity index (χ0n) is 79.0. The molecule has 0 aliphatic carbocycles. The quantitative estimate of drug-likeness (QED) is 0.0275. The number of amides is 5. The van der Waals surface area contributed by atoms with Gasteiger partial charge in [0.15, 0.2) is 75.5 Å². The van der Waals surface area contributed by atoms with E-state index in [0.717, 1.165) is 34.6 Å². The zero-order valence-corrected chi connectivity index (χ0v) is 79.0. The first-order valence-corrected chi connectivity index (χ1v) is 46.9. The maximum Gasteiger partial charge on any atom is 0.217 e. The lowest BCUT2D eigenvalue weighted by Gasteiger charge is -2.52. The smallest absolute Gasteiger partial charge is 0.217 e. The zero-order chi connectivity index (χ0) is 107. The molecule has 12 fully saturated rings. The van der Waals surface area contributed by atoms with Crippen molar-refractivity contribution in [3.63, 3.8) is 0 Å². The molecule has 0 radical (unpaired) electrons. The number of aliphatic hydroxyl groups is 31. The highest BCUT2D eigenvalue weighted by Crippen LogP contribution is 2.43. The van der Waals surface area contributed by atoms with Crippen molar-refractivity contribution in [2.75, 3.05) is 66.1 Å². The van der Waals surface area contributed by atoms with Crippen LogP contribution in [0.1, 0.15) is 48.5 Å². The van der Waals surface area contributed by atoms with Crippen LogP contribution in [0.2, 0.25) is 0 Å².